The van der Waals surface area contributed by atoms with Crippen molar-refractivity contribution in [3.8, 4) is 0 Å². The lowest BCUT2D eigenvalue weighted by Gasteiger charge is -2.22. The van der Waals surface area contributed by atoms with E-state index in [1.807, 2.05) is 21.0 Å². The molecule has 0 unspecified atom stereocenters. The summed E-state index contributed by atoms with van der Waals surface area (Å²) in [5.74, 6) is 0.745. The Labute approximate surface area is 99.5 Å². The highest BCUT2D eigenvalue weighted by atomic mass is 16.5. The standard InChI is InChI=1S/C12H26N2O2/c1-6-16-8-7-14(5)12(15)10-13(4)9-11(2)3/h11H,6-10H2,1-5H3. The molecule has 0 N–H and O–H groups in total. The third-order valence-corrected chi connectivity index (χ3v) is 2.28. The Morgan fingerprint density at radius 2 is 1.94 bits per heavy atom. The van der Waals surface area contributed by atoms with E-state index in [2.05, 4.69) is 18.7 Å². The second kappa shape index (κ2) is 8.53. The van der Waals surface area contributed by atoms with Gasteiger partial charge in [-0.25, -0.2) is 0 Å². The summed E-state index contributed by atoms with van der Waals surface area (Å²) in [5, 5.41) is 0. The average molecular weight is 230 g/mol. The van der Waals surface area contributed by atoms with Crippen LogP contribution in [0.2, 0.25) is 0 Å². The van der Waals surface area contributed by atoms with Gasteiger partial charge in [0.05, 0.1) is 13.2 Å². The van der Waals surface area contributed by atoms with Gasteiger partial charge in [0.15, 0.2) is 0 Å². The minimum Gasteiger partial charge on any atom is -0.380 e. The maximum absolute atomic E-state index is 11.8. The van der Waals surface area contributed by atoms with Crippen LogP contribution in [0.4, 0.5) is 0 Å². The smallest absolute Gasteiger partial charge is 0.236 e. The van der Waals surface area contributed by atoms with Crippen LogP contribution in [0.15, 0.2) is 0 Å². The summed E-state index contributed by atoms with van der Waals surface area (Å²) in [6.45, 7) is 9.69. The van der Waals surface area contributed by atoms with Crippen LogP contribution in [0.25, 0.3) is 0 Å². The Morgan fingerprint density at radius 3 is 2.44 bits per heavy atom. The SMILES string of the molecule is CCOCCN(C)C(=O)CN(C)CC(C)C. The maximum Gasteiger partial charge on any atom is 0.236 e. The molecule has 0 atom stereocenters. The largest absolute Gasteiger partial charge is 0.380 e. The first-order valence-electron chi connectivity index (χ1n) is 5.97. The fraction of sp³-hybridized carbons (Fsp3) is 0.917. The van der Waals surface area contributed by atoms with Crippen LogP contribution in [-0.2, 0) is 9.53 Å². The van der Waals surface area contributed by atoms with E-state index >= 15 is 0 Å². The number of hydrogen-bond donors (Lipinski definition) is 0. The molecule has 0 heterocycles. The van der Waals surface area contributed by atoms with Gasteiger partial charge in [-0.1, -0.05) is 13.8 Å². The summed E-state index contributed by atoms with van der Waals surface area (Å²) in [7, 11) is 3.80. The highest BCUT2D eigenvalue weighted by molar-refractivity contribution is 5.77. The van der Waals surface area contributed by atoms with E-state index in [1.165, 1.54) is 0 Å². The first-order chi connectivity index (χ1) is 7.47. The number of rotatable bonds is 8. The number of ether oxygens (including phenoxy) is 1. The molecule has 0 fully saturated rings. The molecule has 0 rings (SSSR count). The molecule has 0 aromatic heterocycles. The third-order valence-electron chi connectivity index (χ3n) is 2.28. The molecular weight excluding hydrogens is 204 g/mol. The van der Waals surface area contributed by atoms with E-state index in [0.717, 1.165) is 6.54 Å². The van der Waals surface area contributed by atoms with Crippen molar-refractivity contribution < 1.29 is 9.53 Å². The zero-order chi connectivity index (χ0) is 12.6. The zero-order valence-electron chi connectivity index (χ0n) is 11.3. The number of likely N-dealkylation sites (N-methyl/N-ethyl adjacent to an activating group) is 2. The summed E-state index contributed by atoms with van der Waals surface area (Å²) in [6.07, 6.45) is 0. The Morgan fingerprint density at radius 1 is 1.31 bits per heavy atom. The van der Waals surface area contributed by atoms with Gasteiger partial charge < -0.3 is 9.64 Å². The lowest BCUT2D eigenvalue weighted by molar-refractivity contribution is -0.131. The number of carbonyl (C=O) groups excluding carboxylic acids is 1. The number of carbonyl (C=O) groups is 1. The number of hydrogen-bond acceptors (Lipinski definition) is 3. The molecule has 0 saturated heterocycles. The third kappa shape index (κ3) is 7.65. The van der Waals surface area contributed by atoms with Crippen LogP contribution in [0, 0.1) is 5.92 Å². The van der Waals surface area contributed by atoms with Crippen LogP contribution >= 0.6 is 0 Å². The van der Waals surface area contributed by atoms with Gasteiger partial charge >= 0.3 is 0 Å². The molecule has 0 radical (unpaired) electrons. The lowest BCUT2D eigenvalue weighted by atomic mass is 10.2. The second-order valence-electron chi connectivity index (χ2n) is 4.60. The highest BCUT2D eigenvalue weighted by Gasteiger charge is 2.11. The zero-order valence-corrected chi connectivity index (χ0v) is 11.3. The van der Waals surface area contributed by atoms with Crippen molar-refractivity contribution in [3.63, 3.8) is 0 Å². The van der Waals surface area contributed by atoms with E-state index in [1.54, 1.807) is 4.90 Å². The van der Waals surface area contributed by atoms with Crippen LogP contribution in [-0.4, -0.2) is 62.7 Å². The molecule has 0 aromatic carbocycles. The molecule has 0 aliphatic heterocycles. The minimum absolute atomic E-state index is 0.155. The van der Waals surface area contributed by atoms with Crippen LogP contribution < -0.4 is 0 Å². The van der Waals surface area contributed by atoms with E-state index in [4.69, 9.17) is 4.74 Å². The molecule has 0 bridgehead atoms. The molecule has 0 aliphatic rings. The minimum atomic E-state index is 0.155. The van der Waals surface area contributed by atoms with Gasteiger partial charge in [-0.3, -0.25) is 9.69 Å². The van der Waals surface area contributed by atoms with E-state index in [-0.39, 0.29) is 5.91 Å². The Hall–Kier alpha value is -0.610. The first kappa shape index (κ1) is 15.4. The molecule has 0 spiro atoms. The van der Waals surface area contributed by atoms with Gasteiger partial charge in [0.1, 0.15) is 0 Å². The summed E-state index contributed by atoms with van der Waals surface area (Å²) in [6, 6.07) is 0. The molecule has 96 valence electrons. The quantitative estimate of drug-likeness (QED) is 0.585. The summed E-state index contributed by atoms with van der Waals surface area (Å²) >= 11 is 0. The Bertz CT molecular complexity index is 195. The Balaban J connectivity index is 3.77. The van der Waals surface area contributed by atoms with Gasteiger partial charge in [-0.05, 0) is 19.9 Å². The van der Waals surface area contributed by atoms with Crippen molar-refractivity contribution in [2.24, 2.45) is 5.92 Å². The average Bonchev–Trinajstić information content (AvgIpc) is 2.16. The van der Waals surface area contributed by atoms with Crippen molar-refractivity contribution >= 4 is 5.91 Å². The summed E-state index contributed by atoms with van der Waals surface area (Å²) < 4.78 is 5.22. The fourth-order valence-electron chi connectivity index (χ4n) is 1.51. The van der Waals surface area contributed by atoms with E-state index in [9.17, 15) is 4.79 Å². The van der Waals surface area contributed by atoms with Crippen LogP contribution in [0.1, 0.15) is 20.8 Å². The Kier molecular flexibility index (Phi) is 8.21. The molecule has 0 aromatic rings. The summed E-state index contributed by atoms with van der Waals surface area (Å²) in [5.41, 5.74) is 0. The molecule has 4 nitrogen and oxygen atoms in total. The van der Waals surface area contributed by atoms with Crippen molar-refractivity contribution in [2.75, 3.05) is 46.9 Å². The van der Waals surface area contributed by atoms with Crippen molar-refractivity contribution in [2.45, 2.75) is 20.8 Å². The van der Waals surface area contributed by atoms with Crippen LogP contribution in [0.3, 0.4) is 0 Å². The predicted molar refractivity (Wildman–Crippen MR) is 66.5 cm³/mol. The molecule has 0 saturated carbocycles. The van der Waals surface area contributed by atoms with E-state index in [0.29, 0.717) is 32.2 Å². The van der Waals surface area contributed by atoms with Crippen LogP contribution in [0.5, 0.6) is 0 Å². The fourth-order valence-corrected chi connectivity index (χ4v) is 1.51. The van der Waals surface area contributed by atoms with E-state index < -0.39 is 0 Å². The molecule has 16 heavy (non-hydrogen) atoms. The molecule has 4 heteroatoms. The molecular formula is C12H26N2O2. The van der Waals surface area contributed by atoms with Crippen molar-refractivity contribution in [3.05, 3.63) is 0 Å². The van der Waals surface area contributed by atoms with Gasteiger partial charge in [-0.15, -0.1) is 0 Å². The van der Waals surface area contributed by atoms with Gasteiger partial charge in [0.2, 0.25) is 5.91 Å². The predicted octanol–water partition coefficient (Wildman–Crippen LogP) is 1.07. The molecule has 0 aliphatic carbocycles. The maximum atomic E-state index is 11.8. The van der Waals surface area contributed by atoms with Crippen molar-refractivity contribution in [1.82, 2.24) is 9.80 Å². The van der Waals surface area contributed by atoms with Gasteiger partial charge in [-0.2, -0.15) is 0 Å². The highest BCUT2D eigenvalue weighted by Crippen LogP contribution is 1.96. The number of amides is 1. The first-order valence-corrected chi connectivity index (χ1v) is 5.97. The van der Waals surface area contributed by atoms with Gasteiger partial charge in [0, 0.05) is 26.7 Å². The topological polar surface area (TPSA) is 32.8 Å². The van der Waals surface area contributed by atoms with Gasteiger partial charge in [0.25, 0.3) is 0 Å². The second-order valence-corrected chi connectivity index (χ2v) is 4.60. The monoisotopic (exact) mass is 230 g/mol. The number of nitrogens with zero attached hydrogens (tertiary/aromatic N) is 2. The lowest BCUT2D eigenvalue weighted by Crippen LogP contribution is -2.39. The summed E-state index contributed by atoms with van der Waals surface area (Å²) in [4.78, 5) is 15.5. The normalized spacial score (nSPS) is 11.2. The van der Waals surface area contributed by atoms with Crippen molar-refractivity contribution in [1.29, 1.82) is 0 Å². The molecule has 1 amide bonds.